The summed E-state index contributed by atoms with van der Waals surface area (Å²) in [6.45, 7) is 9.78. The second-order valence-electron chi connectivity index (χ2n) is 7.00. The Morgan fingerprint density at radius 3 is 2.53 bits per heavy atom. The Labute approximate surface area is 205 Å². The molecule has 0 fully saturated rings. The Bertz CT molecular complexity index is 995. The molecule has 180 valence electrons. The van der Waals surface area contributed by atoms with E-state index >= 15 is 0 Å². The van der Waals surface area contributed by atoms with E-state index in [1.165, 1.54) is 0 Å². The average molecular weight is 482 g/mol. The van der Waals surface area contributed by atoms with Crippen molar-refractivity contribution in [3.05, 3.63) is 79.6 Å². The molecule has 3 heterocycles. The number of allylic oxidation sites excluding steroid dienone is 1. The molecule has 9 heteroatoms. The summed E-state index contributed by atoms with van der Waals surface area (Å²) in [5.74, 6) is 4.40. The molecule has 0 amide bonds. The van der Waals surface area contributed by atoms with Crippen molar-refractivity contribution in [3.8, 4) is 17.2 Å². The normalized spacial score (nSPS) is 12.2. The quantitative estimate of drug-likeness (QED) is 0.336. The highest BCUT2D eigenvalue weighted by atomic mass is 32.2. The van der Waals surface area contributed by atoms with E-state index in [-0.39, 0.29) is 0 Å². The number of benzene rings is 1. The fraction of sp³-hybridized carbons (Fsp3) is 0.280. The van der Waals surface area contributed by atoms with Gasteiger partial charge in [-0.1, -0.05) is 24.3 Å². The zero-order chi connectivity index (χ0) is 24.6. The lowest BCUT2D eigenvalue weighted by Crippen LogP contribution is -2.32. The molecule has 0 aliphatic carbocycles. The van der Waals surface area contributed by atoms with Gasteiger partial charge < -0.3 is 23.7 Å². The number of ether oxygens (including phenoxy) is 1. The van der Waals surface area contributed by atoms with Crippen molar-refractivity contribution >= 4 is 24.4 Å². The fourth-order valence-electron chi connectivity index (χ4n) is 2.81. The number of hydrogen-bond donors (Lipinski definition) is 0. The molecule has 4 rings (SSSR count). The van der Waals surface area contributed by atoms with E-state index in [0.717, 1.165) is 36.0 Å². The Hall–Kier alpha value is -3.59. The fourth-order valence-corrected chi connectivity index (χ4v) is 3.44. The van der Waals surface area contributed by atoms with Crippen LogP contribution in [-0.2, 0) is 10.5 Å². The largest absolute Gasteiger partial charge is 0.493 e. The SMILES string of the molecule is C=CC.C=O.CN1C=CN(c2ccc(-c3nnc(CSCCOc4ccccc4)o3)cn2)CC1. The van der Waals surface area contributed by atoms with Crippen LogP contribution in [-0.4, -0.2) is 59.4 Å². The number of rotatable bonds is 8. The number of para-hydroxylation sites is 1. The number of anilines is 1. The van der Waals surface area contributed by atoms with E-state index in [1.54, 1.807) is 24.0 Å². The molecule has 0 unspecified atom stereocenters. The first kappa shape index (κ1) is 26.7. The van der Waals surface area contributed by atoms with E-state index in [1.807, 2.05) is 68.6 Å². The lowest BCUT2D eigenvalue weighted by Gasteiger charge is -2.27. The Morgan fingerprint density at radius 1 is 1.12 bits per heavy atom. The zero-order valence-corrected chi connectivity index (χ0v) is 20.5. The van der Waals surface area contributed by atoms with Crippen LogP contribution in [0.1, 0.15) is 12.8 Å². The molecule has 0 radical (unpaired) electrons. The second kappa shape index (κ2) is 15.3. The Morgan fingerprint density at radius 2 is 1.88 bits per heavy atom. The van der Waals surface area contributed by atoms with Gasteiger partial charge in [-0.3, -0.25) is 0 Å². The van der Waals surface area contributed by atoms with Crippen molar-refractivity contribution in [1.29, 1.82) is 0 Å². The summed E-state index contributed by atoms with van der Waals surface area (Å²) in [5, 5.41) is 8.29. The van der Waals surface area contributed by atoms with Gasteiger partial charge in [-0.05, 0) is 31.2 Å². The highest BCUT2D eigenvalue weighted by Crippen LogP contribution is 2.22. The first-order valence-corrected chi connectivity index (χ1v) is 11.9. The van der Waals surface area contributed by atoms with Gasteiger partial charge >= 0.3 is 0 Å². The average Bonchev–Trinajstić information content (AvgIpc) is 3.36. The summed E-state index contributed by atoms with van der Waals surface area (Å²) in [6, 6.07) is 13.7. The van der Waals surface area contributed by atoms with E-state index < -0.39 is 0 Å². The summed E-state index contributed by atoms with van der Waals surface area (Å²) >= 11 is 1.70. The van der Waals surface area contributed by atoms with Crippen LogP contribution in [0.4, 0.5) is 5.82 Å². The van der Waals surface area contributed by atoms with Crippen LogP contribution in [0.5, 0.6) is 5.75 Å². The minimum absolute atomic E-state index is 0.495. The van der Waals surface area contributed by atoms with Crippen molar-refractivity contribution in [2.75, 3.05) is 37.4 Å². The van der Waals surface area contributed by atoms with Crippen LogP contribution in [0.3, 0.4) is 0 Å². The first-order chi connectivity index (χ1) is 16.7. The molecule has 2 aromatic heterocycles. The maximum atomic E-state index is 8.00. The van der Waals surface area contributed by atoms with E-state index in [2.05, 4.69) is 38.6 Å². The predicted molar refractivity (Wildman–Crippen MR) is 138 cm³/mol. The van der Waals surface area contributed by atoms with Gasteiger partial charge in [-0.15, -0.1) is 28.5 Å². The van der Waals surface area contributed by atoms with Crippen LogP contribution in [0.2, 0.25) is 0 Å². The van der Waals surface area contributed by atoms with Gasteiger partial charge in [0.1, 0.15) is 18.4 Å². The summed E-state index contributed by atoms with van der Waals surface area (Å²) in [5.41, 5.74) is 0.822. The van der Waals surface area contributed by atoms with Crippen molar-refractivity contribution in [1.82, 2.24) is 20.1 Å². The van der Waals surface area contributed by atoms with Crippen molar-refractivity contribution in [3.63, 3.8) is 0 Å². The smallest absolute Gasteiger partial charge is 0.249 e. The highest BCUT2D eigenvalue weighted by Gasteiger charge is 2.13. The Balaban J connectivity index is 0.000000758. The van der Waals surface area contributed by atoms with E-state index in [9.17, 15) is 0 Å². The standard InChI is InChI=1S/C21H23N5O2S.C3H6.CH2O/c1-25-9-11-26(12-10-25)19-8-7-17(15-22-19)21-24-23-20(28-21)16-29-14-13-27-18-5-3-2-4-6-18;1-3-2;1-2/h2-9,11,15H,10,12-14,16H2,1H3;3H,1H2,2H3;1H2. The molecule has 0 spiro atoms. The van der Waals surface area contributed by atoms with E-state index in [4.69, 9.17) is 13.9 Å². The molecule has 1 aliphatic rings. The molecule has 0 bridgehead atoms. The minimum atomic E-state index is 0.495. The van der Waals surface area contributed by atoms with Crippen molar-refractivity contribution in [2.45, 2.75) is 12.7 Å². The summed E-state index contributed by atoms with van der Waals surface area (Å²) in [7, 11) is 2.06. The highest BCUT2D eigenvalue weighted by molar-refractivity contribution is 7.98. The molecule has 34 heavy (non-hydrogen) atoms. The third-order valence-electron chi connectivity index (χ3n) is 4.42. The second-order valence-corrected chi connectivity index (χ2v) is 8.11. The number of carbonyl (C=O) groups is 1. The molecule has 0 saturated heterocycles. The lowest BCUT2D eigenvalue weighted by molar-refractivity contribution is -0.0979. The van der Waals surface area contributed by atoms with Gasteiger partial charge in [0.25, 0.3) is 0 Å². The topological polar surface area (TPSA) is 84.6 Å². The van der Waals surface area contributed by atoms with Gasteiger partial charge in [0.15, 0.2) is 0 Å². The molecular weight excluding hydrogens is 450 g/mol. The number of pyridine rings is 1. The summed E-state index contributed by atoms with van der Waals surface area (Å²) < 4.78 is 11.5. The molecular formula is C25H31N5O3S. The number of hydrogen-bond acceptors (Lipinski definition) is 9. The van der Waals surface area contributed by atoms with Gasteiger partial charge in [0, 0.05) is 44.5 Å². The van der Waals surface area contributed by atoms with Crippen LogP contribution in [0, 0.1) is 0 Å². The number of carbonyl (C=O) groups excluding carboxylic acids is 1. The van der Waals surface area contributed by atoms with Crippen LogP contribution >= 0.6 is 11.8 Å². The Kier molecular flexibility index (Phi) is 12.0. The molecule has 8 nitrogen and oxygen atoms in total. The maximum absolute atomic E-state index is 8.00. The molecule has 1 aromatic carbocycles. The van der Waals surface area contributed by atoms with Crippen LogP contribution in [0.25, 0.3) is 11.5 Å². The zero-order valence-electron chi connectivity index (χ0n) is 19.7. The van der Waals surface area contributed by atoms with Crippen LogP contribution < -0.4 is 9.64 Å². The van der Waals surface area contributed by atoms with Crippen molar-refractivity contribution < 1.29 is 13.9 Å². The number of aromatic nitrogens is 3. The van der Waals surface area contributed by atoms with Crippen molar-refractivity contribution in [2.24, 2.45) is 0 Å². The monoisotopic (exact) mass is 481 g/mol. The third kappa shape index (κ3) is 8.74. The molecule has 1 aliphatic heterocycles. The molecule has 0 N–H and O–H groups in total. The lowest BCUT2D eigenvalue weighted by atomic mass is 10.2. The molecule has 0 atom stereocenters. The number of likely N-dealkylation sites (N-methyl/N-ethyl adjacent to an activating group) is 1. The number of thioether (sulfide) groups is 1. The van der Waals surface area contributed by atoms with Gasteiger partial charge in [0.2, 0.25) is 11.8 Å². The van der Waals surface area contributed by atoms with Gasteiger partial charge in [-0.25, -0.2) is 4.98 Å². The van der Waals surface area contributed by atoms with Gasteiger partial charge in [0.05, 0.1) is 17.9 Å². The maximum Gasteiger partial charge on any atom is 0.249 e. The summed E-state index contributed by atoms with van der Waals surface area (Å²) in [6.07, 6.45) is 7.61. The van der Waals surface area contributed by atoms with E-state index in [0.29, 0.717) is 24.1 Å². The van der Waals surface area contributed by atoms with Gasteiger partial charge in [-0.2, -0.15) is 0 Å². The molecule has 0 saturated carbocycles. The predicted octanol–water partition coefficient (Wildman–Crippen LogP) is 4.67. The van der Waals surface area contributed by atoms with Crippen LogP contribution in [0.15, 0.2) is 78.1 Å². The molecule has 3 aromatic rings. The third-order valence-corrected chi connectivity index (χ3v) is 5.32. The number of nitrogens with zero attached hydrogens (tertiary/aromatic N) is 5. The first-order valence-electron chi connectivity index (χ1n) is 10.7. The minimum Gasteiger partial charge on any atom is -0.493 e. The summed E-state index contributed by atoms with van der Waals surface area (Å²) in [4.78, 5) is 16.8.